The fraction of sp³-hybridized carbons (Fsp3) is 0.250. The van der Waals surface area contributed by atoms with Crippen molar-refractivity contribution in [1.82, 2.24) is 14.8 Å². The highest BCUT2D eigenvalue weighted by Crippen LogP contribution is 2.31. The summed E-state index contributed by atoms with van der Waals surface area (Å²) >= 11 is 3.11. The topological polar surface area (TPSA) is 59.8 Å². The molecule has 0 saturated carbocycles. The lowest BCUT2D eigenvalue weighted by Gasteiger charge is -2.09. The maximum atomic E-state index is 12.2. The number of amides is 1. The first-order valence-electron chi connectivity index (χ1n) is 8.56. The quantitative estimate of drug-likeness (QED) is 0.614. The number of thioether (sulfide) groups is 1. The summed E-state index contributed by atoms with van der Waals surface area (Å²) in [6.07, 6.45) is 0. The smallest absolute Gasteiger partial charge is 0.234 e. The van der Waals surface area contributed by atoms with E-state index in [1.807, 2.05) is 42.8 Å². The molecule has 2 aromatic carbocycles. The second kappa shape index (κ2) is 8.63. The largest absolute Gasteiger partial charge is 0.325 e. The number of nitrogens with one attached hydrogen (secondary N) is 1. The number of hydrogen-bond donors (Lipinski definition) is 1. The third-order valence-corrected chi connectivity index (χ3v) is 6.28. The van der Waals surface area contributed by atoms with E-state index in [9.17, 15) is 4.79 Å². The maximum Gasteiger partial charge on any atom is 0.234 e. The Morgan fingerprint density at radius 3 is 2.48 bits per heavy atom. The molecule has 140 valence electrons. The highest BCUT2D eigenvalue weighted by atomic mass is 32.2. The summed E-state index contributed by atoms with van der Waals surface area (Å²) in [7, 11) is 1.89. The first-order valence-corrected chi connectivity index (χ1v) is 10.4. The van der Waals surface area contributed by atoms with E-state index in [2.05, 4.69) is 47.6 Å². The van der Waals surface area contributed by atoms with Gasteiger partial charge in [-0.25, -0.2) is 0 Å². The molecule has 3 aromatic rings. The number of hydrogen-bond acceptors (Lipinski definition) is 5. The minimum atomic E-state index is -0.0596. The number of nitrogens with zero attached hydrogens (tertiary/aromatic N) is 3. The molecule has 0 radical (unpaired) electrons. The molecular weight excluding hydrogens is 376 g/mol. The summed E-state index contributed by atoms with van der Waals surface area (Å²) < 4.78 is 1.87. The lowest BCUT2D eigenvalue weighted by Crippen LogP contribution is -2.14. The van der Waals surface area contributed by atoms with Gasteiger partial charge < -0.3 is 9.88 Å². The highest BCUT2D eigenvalue weighted by molar-refractivity contribution is 7.99. The molecule has 0 spiro atoms. The molecule has 3 rings (SSSR count). The van der Waals surface area contributed by atoms with Gasteiger partial charge in [-0.05, 0) is 62.2 Å². The molecule has 0 aliphatic rings. The summed E-state index contributed by atoms with van der Waals surface area (Å²) in [5.74, 6) is 1.07. The van der Waals surface area contributed by atoms with Gasteiger partial charge in [0.25, 0.3) is 0 Å². The van der Waals surface area contributed by atoms with E-state index in [1.165, 1.54) is 27.8 Å². The van der Waals surface area contributed by atoms with Crippen LogP contribution in [0.25, 0.3) is 0 Å². The van der Waals surface area contributed by atoms with Crippen LogP contribution < -0.4 is 5.32 Å². The zero-order chi connectivity index (χ0) is 19.4. The third-order valence-electron chi connectivity index (χ3n) is 4.09. The molecule has 0 saturated heterocycles. The predicted molar refractivity (Wildman–Crippen MR) is 112 cm³/mol. The third kappa shape index (κ3) is 5.14. The van der Waals surface area contributed by atoms with E-state index in [-0.39, 0.29) is 5.91 Å². The zero-order valence-electron chi connectivity index (χ0n) is 15.8. The van der Waals surface area contributed by atoms with E-state index >= 15 is 0 Å². The Bertz CT molecular complexity index is 951. The Kier molecular flexibility index (Phi) is 6.23. The van der Waals surface area contributed by atoms with Crippen LogP contribution in [0.5, 0.6) is 0 Å². The van der Waals surface area contributed by atoms with Crippen LogP contribution in [0.15, 0.2) is 57.4 Å². The molecule has 1 N–H and O–H groups in total. The van der Waals surface area contributed by atoms with Crippen molar-refractivity contribution in [3.05, 3.63) is 59.4 Å². The SMILES string of the molecule is Cc1ccc(C)c(Sc2ccc(NC(=O)CSc3nnc(C)n3C)cc2)c1. The molecular formula is C20H22N4OS2. The van der Waals surface area contributed by atoms with Gasteiger partial charge in [0, 0.05) is 22.5 Å². The Morgan fingerprint density at radius 2 is 1.81 bits per heavy atom. The van der Waals surface area contributed by atoms with Crippen molar-refractivity contribution in [2.45, 2.75) is 35.7 Å². The van der Waals surface area contributed by atoms with Gasteiger partial charge in [0.2, 0.25) is 5.91 Å². The van der Waals surface area contributed by atoms with E-state index in [0.29, 0.717) is 5.75 Å². The molecule has 1 amide bonds. The molecule has 0 bridgehead atoms. The first-order chi connectivity index (χ1) is 12.9. The molecule has 5 nitrogen and oxygen atoms in total. The Hall–Kier alpha value is -2.25. The van der Waals surface area contributed by atoms with Crippen molar-refractivity contribution in [3.63, 3.8) is 0 Å². The average molecular weight is 399 g/mol. The molecule has 7 heteroatoms. The van der Waals surface area contributed by atoms with Gasteiger partial charge >= 0.3 is 0 Å². The van der Waals surface area contributed by atoms with E-state index in [4.69, 9.17) is 0 Å². The monoisotopic (exact) mass is 398 g/mol. The van der Waals surface area contributed by atoms with Crippen LogP contribution in [-0.2, 0) is 11.8 Å². The molecule has 27 heavy (non-hydrogen) atoms. The van der Waals surface area contributed by atoms with Crippen LogP contribution in [0.3, 0.4) is 0 Å². The minimum absolute atomic E-state index is 0.0596. The van der Waals surface area contributed by atoms with Crippen molar-refractivity contribution in [3.8, 4) is 0 Å². The lowest BCUT2D eigenvalue weighted by atomic mass is 10.2. The number of aromatic nitrogens is 3. The van der Waals surface area contributed by atoms with Gasteiger partial charge in [-0.2, -0.15) is 0 Å². The summed E-state index contributed by atoms with van der Waals surface area (Å²) in [5, 5.41) is 11.7. The zero-order valence-corrected chi connectivity index (χ0v) is 17.4. The second-order valence-corrected chi connectivity index (χ2v) is 8.38. The van der Waals surface area contributed by atoms with Gasteiger partial charge in [0.15, 0.2) is 5.16 Å². The number of aryl methyl sites for hydroxylation is 3. The first kappa shape index (κ1) is 19.5. The molecule has 1 heterocycles. The molecule has 0 aliphatic carbocycles. The van der Waals surface area contributed by atoms with Crippen molar-refractivity contribution in [2.75, 3.05) is 11.1 Å². The summed E-state index contributed by atoms with van der Waals surface area (Å²) in [4.78, 5) is 14.6. The lowest BCUT2D eigenvalue weighted by molar-refractivity contribution is -0.113. The van der Waals surface area contributed by atoms with Gasteiger partial charge in [-0.1, -0.05) is 35.7 Å². The minimum Gasteiger partial charge on any atom is -0.325 e. The summed E-state index contributed by atoms with van der Waals surface area (Å²) in [6.45, 7) is 6.10. The molecule has 0 fully saturated rings. The highest BCUT2D eigenvalue weighted by Gasteiger charge is 2.09. The van der Waals surface area contributed by atoms with Crippen molar-refractivity contribution < 1.29 is 4.79 Å². The standard InChI is InChI=1S/C20H22N4OS2/c1-13-5-6-14(2)18(11-13)27-17-9-7-16(8-10-17)21-19(25)12-26-20-23-22-15(3)24(20)4/h5-11H,12H2,1-4H3,(H,21,25). The normalized spacial score (nSPS) is 10.8. The van der Waals surface area contributed by atoms with Gasteiger partial charge in [-0.3, -0.25) is 4.79 Å². The molecule has 0 aliphatic heterocycles. The van der Waals surface area contributed by atoms with Gasteiger partial charge in [0.1, 0.15) is 5.82 Å². The molecule has 0 unspecified atom stereocenters. The number of anilines is 1. The fourth-order valence-electron chi connectivity index (χ4n) is 2.39. The summed E-state index contributed by atoms with van der Waals surface area (Å²) in [6, 6.07) is 14.4. The van der Waals surface area contributed by atoms with Crippen LogP contribution in [0, 0.1) is 20.8 Å². The van der Waals surface area contributed by atoms with Crippen LogP contribution in [-0.4, -0.2) is 26.4 Å². The average Bonchev–Trinajstić information content (AvgIpc) is 2.96. The Labute approximate surface area is 168 Å². The number of benzene rings is 2. The maximum absolute atomic E-state index is 12.2. The van der Waals surface area contributed by atoms with Crippen LogP contribution in [0.1, 0.15) is 17.0 Å². The second-order valence-electron chi connectivity index (χ2n) is 6.32. The van der Waals surface area contributed by atoms with Gasteiger partial charge in [0.05, 0.1) is 5.75 Å². The molecule has 1 aromatic heterocycles. The Morgan fingerprint density at radius 1 is 1.07 bits per heavy atom. The predicted octanol–water partition coefficient (Wildman–Crippen LogP) is 4.62. The number of rotatable bonds is 6. The van der Waals surface area contributed by atoms with Crippen molar-refractivity contribution in [2.24, 2.45) is 7.05 Å². The van der Waals surface area contributed by atoms with Gasteiger partial charge in [-0.15, -0.1) is 10.2 Å². The summed E-state index contributed by atoms with van der Waals surface area (Å²) in [5.41, 5.74) is 3.31. The van der Waals surface area contributed by atoms with Crippen LogP contribution in [0.4, 0.5) is 5.69 Å². The number of carbonyl (C=O) groups excluding carboxylic acids is 1. The van der Waals surface area contributed by atoms with Crippen molar-refractivity contribution in [1.29, 1.82) is 0 Å². The fourth-order valence-corrected chi connectivity index (χ4v) is 4.15. The molecule has 0 atom stereocenters. The van der Waals surface area contributed by atoms with Crippen molar-refractivity contribution >= 4 is 35.1 Å². The van der Waals surface area contributed by atoms with E-state index in [0.717, 1.165) is 21.6 Å². The Balaban J connectivity index is 1.56. The van der Waals surface area contributed by atoms with Crippen LogP contribution in [0.2, 0.25) is 0 Å². The van der Waals surface area contributed by atoms with E-state index in [1.54, 1.807) is 11.8 Å². The van der Waals surface area contributed by atoms with Crippen LogP contribution >= 0.6 is 23.5 Å². The van der Waals surface area contributed by atoms with E-state index < -0.39 is 0 Å². The number of carbonyl (C=O) groups is 1.